The summed E-state index contributed by atoms with van der Waals surface area (Å²) in [7, 11) is 1.53. The van der Waals surface area contributed by atoms with Gasteiger partial charge in [0.2, 0.25) is 5.91 Å². The number of rotatable bonds is 4. The molecule has 0 unspecified atom stereocenters. The molecular formula is C22H24N2O3S. The Balaban J connectivity index is 1.76. The maximum atomic E-state index is 12.6. The molecule has 1 N–H and O–H groups in total. The van der Waals surface area contributed by atoms with Crippen molar-refractivity contribution >= 4 is 33.1 Å². The van der Waals surface area contributed by atoms with Crippen LogP contribution in [0.25, 0.3) is 21.5 Å². The standard InChI is InChI=1S/C22H24N2O3S/c1-26-27-13-15-11-18-22(28-15)20(14-7-3-2-4-8-14)21-16-9-5-6-10-17(16)23-19(25)12-24(18)21/h5-6,9-11,14H,2-4,7-8,12-13H2,1H3,(H,23,25). The minimum Gasteiger partial charge on any atom is -0.330 e. The zero-order valence-electron chi connectivity index (χ0n) is 16.0. The lowest BCUT2D eigenvalue weighted by molar-refractivity contribution is -0.281. The molecule has 28 heavy (non-hydrogen) atoms. The number of fused-ring (bicyclic) bond motifs is 5. The largest absolute Gasteiger partial charge is 0.330 e. The van der Waals surface area contributed by atoms with Gasteiger partial charge in [-0.2, -0.15) is 0 Å². The van der Waals surface area contributed by atoms with Crippen LogP contribution in [0.4, 0.5) is 5.69 Å². The van der Waals surface area contributed by atoms with Gasteiger partial charge in [0.15, 0.2) is 0 Å². The molecule has 146 valence electrons. The van der Waals surface area contributed by atoms with Crippen LogP contribution in [0.2, 0.25) is 0 Å². The molecular weight excluding hydrogens is 372 g/mol. The average molecular weight is 397 g/mol. The Morgan fingerprint density at radius 2 is 2.04 bits per heavy atom. The molecule has 0 saturated heterocycles. The van der Waals surface area contributed by atoms with Gasteiger partial charge in [-0.15, -0.1) is 11.3 Å². The summed E-state index contributed by atoms with van der Waals surface area (Å²) in [4.78, 5) is 23.7. The van der Waals surface area contributed by atoms with Crippen molar-refractivity contribution in [1.29, 1.82) is 0 Å². The monoisotopic (exact) mass is 396 g/mol. The van der Waals surface area contributed by atoms with Gasteiger partial charge in [0.05, 0.1) is 28.7 Å². The number of amides is 1. The summed E-state index contributed by atoms with van der Waals surface area (Å²) in [5.74, 6) is 0.572. The number of hydrogen-bond donors (Lipinski definition) is 1. The van der Waals surface area contributed by atoms with Gasteiger partial charge in [0, 0.05) is 10.4 Å². The molecule has 1 fully saturated rings. The normalized spacial score (nSPS) is 17.2. The molecule has 0 radical (unpaired) electrons. The third-order valence-electron chi connectivity index (χ3n) is 5.91. The smallest absolute Gasteiger partial charge is 0.244 e. The van der Waals surface area contributed by atoms with Crippen LogP contribution in [0.1, 0.15) is 48.5 Å². The number of nitrogens with one attached hydrogen (secondary N) is 1. The molecule has 0 atom stereocenters. The lowest BCUT2D eigenvalue weighted by Crippen LogP contribution is -2.16. The molecule has 3 aromatic rings. The van der Waals surface area contributed by atoms with E-state index in [9.17, 15) is 4.79 Å². The summed E-state index contributed by atoms with van der Waals surface area (Å²) >= 11 is 1.78. The molecule has 0 bridgehead atoms. The Bertz CT molecular complexity index is 1030. The van der Waals surface area contributed by atoms with E-state index in [-0.39, 0.29) is 5.91 Å². The second-order valence-electron chi connectivity index (χ2n) is 7.63. The Morgan fingerprint density at radius 3 is 2.86 bits per heavy atom. The molecule has 2 aliphatic rings. The van der Waals surface area contributed by atoms with Gasteiger partial charge >= 0.3 is 0 Å². The van der Waals surface area contributed by atoms with Gasteiger partial charge in [-0.05, 0) is 36.5 Å². The summed E-state index contributed by atoms with van der Waals surface area (Å²) in [6, 6.07) is 10.4. The molecule has 1 aromatic carbocycles. The van der Waals surface area contributed by atoms with Crippen molar-refractivity contribution in [2.45, 2.75) is 51.2 Å². The van der Waals surface area contributed by atoms with E-state index in [1.54, 1.807) is 11.3 Å². The minimum absolute atomic E-state index is 0.0270. The van der Waals surface area contributed by atoms with E-state index < -0.39 is 0 Å². The molecule has 2 aromatic heterocycles. The van der Waals surface area contributed by atoms with Crippen LogP contribution in [0.5, 0.6) is 0 Å². The van der Waals surface area contributed by atoms with Crippen molar-refractivity contribution in [3.05, 3.63) is 40.8 Å². The summed E-state index contributed by atoms with van der Waals surface area (Å²) < 4.78 is 3.52. The highest BCUT2D eigenvalue weighted by molar-refractivity contribution is 7.19. The van der Waals surface area contributed by atoms with Gasteiger partial charge < -0.3 is 9.88 Å². The van der Waals surface area contributed by atoms with Crippen molar-refractivity contribution in [1.82, 2.24) is 4.57 Å². The first-order chi connectivity index (χ1) is 13.8. The number of benzene rings is 1. The Kier molecular flexibility index (Phi) is 4.70. The van der Waals surface area contributed by atoms with Gasteiger partial charge in [0.1, 0.15) is 13.2 Å². The molecule has 5 rings (SSSR count). The van der Waals surface area contributed by atoms with Crippen LogP contribution < -0.4 is 5.32 Å². The predicted octanol–water partition coefficient (Wildman–Crippen LogP) is 5.45. The van der Waals surface area contributed by atoms with E-state index in [1.807, 2.05) is 12.1 Å². The number of nitrogens with zero attached hydrogens (tertiary/aromatic N) is 1. The fraction of sp³-hybridized carbons (Fsp3) is 0.409. The van der Waals surface area contributed by atoms with E-state index in [0.29, 0.717) is 19.1 Å². The van der Waals surface area contributed by atoms with Gasteiger partial charge in [0.25, 0.3) is 0 Å². The lowest BCUT2D eigenvalue weighted by atomic mass is 9.83. The van der Waals surface area contributed by atoms with E-state index in [0.717, 1.165) is 21.6 Å². The summed E-state index contributed by atoms with van der Waals surface area (Å²) in [5, 5.41) is 3.09. The molecule has 3 heterocycles. The molecule has 1 amide bonds. The minimum atomic E-state index is 0.0270. The highest BCUT2D eigenvalue weighted by Crippen LogP contribution is 2.48. The third kappa shape index (κ3) is 2.96. The van der Waals surface area contributed by atoms with Crippen LogP contribution >= 0.6 is 11.3 Å². The molecule has 1 saturated carbocycles. The third-order valence-corrected chi connectivity index (χ3v) is 7.05. The van der Waals surface area contributed by atoms with Crippen molar-refractivity contribution in [3.63, 3.8) is 0 Å². The average Bonchev–Trinajstić information content (AvgIpc) is 3.20. The van der Waals surface area contributed by atoms with E-state index in [2.05, 4.69) is 28.1 Å². The zero-order chi connectivity index (χ0) is 19.1. The Hall–Kier alpha value is -2.15. The topological polar surface area (TPSA) is 52.5 Å². The summed E-state index contributed by atoms with van der Waals surface area (Å²) in [5.41, 5.74) is 5.83. The van der Waals surface area contributed by atoms with Crippen LogP contribution in [0.3, 0.4) is 0 Å². The maximum absolute atomic E-state index is 12.6. The first-order valence-corrected chi connectivity index (χ1v) is 10.8. The highest BCUT2D eigenvalue weighted by Gasteiger charge is 2.31. The second-order valence-corrected chi connectivity index (χ2v) is 8.77. The number of anilines is 1. The highest BCUT2D eigenvalue weighted by atomic mass is 32.1. The zero-order valence-corrected chi connectivity index (χ0v) is 16.8. The summed E-state index contributed by atoms with van der Waals surface area (Å²) in [6.45, 7) is 0.770. The number of hydrogen-bond acceptors (Lipinski definition) is 4. The van der Waals surface area contributed by atoms with Crippen LogP contribution in [-0.4, -0.2) is 17.6 Å². The number of para-hydroxylation sites is 1. The number of carbonyl (C=O) groups excluding carboxylic acids is 1. The number of aromatic nitrogens is 1. The van der Waals surface area contributed by atoms with E-state index >= 15 is 0 Å². The maximum Gasteiger partial charge on any atom is 0.244 e. The van der Waals surface area contributed by atoms with Gasteiger partial charge in [-0.1, -0.05) is 37.5 Å². The number of thiophene rings is 1. The molecule has 5 nitrogen and oxygen atoms in total. The summed E-state index contributed by atoms with van der Waals surface area (Å²) in [6.07, 6.45) is 6.32. The number of carbonyl (C=O) groups is 1. The van der Waals surface area contributed by atoms with Gasteiger partial charge in [-0.3, -0.25) is 4.79 Å². The molecule has 0 spiro atoms. The van der Waals surface area contributed by atoms with E-state index in [1.165, 1.54) is 55.2 Å². The SMILES string of the molecule is COOCc1cc2c(s1)c(C1CCCCC1)c1n2CC(=O)Nc2ccccc2-1. The quantitative estimate of drug-likeness (QED) is 0.471. The van der Waals surface area contributed by atoms with Crippen molar-refractivity contribution in [2.24, 2.45) is 0 Å². The van der Waals surface area contributed by atoms with Crippen molar-refractivity contribution in [3.8, 4) is 11.3 Å². The second kappa shape index (κ2) is 7.35. The Morgan fingerprint density at radius 1 is 1.21 bits per heavy atom. The van der Waals surface area contributed by atoms with Gasteiger partial charge in [-0.25, -0.2) is 9.78 Å². The van der Waals surface area contributed by atoms with Crippen LogP contribution in [0.15, 0.2) is 30.3 Å². The first kappa shape index (κ1) is 17.9. The van der Waals surface area contributed by atoms with E-state index in [4.69, 9.17) is 9.78 Å². The molecule has 1 aliphatic carbocycles. The lowest BCUT2D eigenvalue weighted by Gasteiger charge is -2.23. The first-order valence-electron chi connectivity index (χ1n) is 9.96. The molecule has 6 heteroatoms. The van der Waals surface area contributed by atoms with Crippen molar-refractivity contribution < 1.29 is 14.6 Å². The fourth-order valence-electron chi connectivity index (χ4n) is 4.74. The predicted molar refractivity (Wildman–Crippen MR) is 112 cm³/mol. The molecule has 1 aliphatic heterocycles. The van der Waals surface area contributed by atoms with Crippen molar-refractivity contribution in [2.75, 3.05) is 12.4 Å². The Labute approximate surface area is 168 Å². The fourth-order valence-corrected chi connectivity index (χ4v) is 5.93. The van der Waals surface area contributed by atoms with Crippen LogP contribution in [0, 0.1) is 0 Å². The van der Waals surface area contributed by atoms with Crippen LogP contribution in [-0.2, 0) is 27.7 Å².